The number of anilines is 1. The third-order valence-corrected chi connectivity index (χ3v) is 5.59. The van der Waals surface area contributed by atoms with Crippen molar-refractivity contribution in [1.29, 1.82) is 0 Å². The molecule has 0 radical (unpaired) electrons. The first-order valence-electron chi connectivity index (χ1n) is 9.84. The highest BCUT2D eigenvalue weighted by Crippen LogP contribution is 2.25. The molecule has 0 aliphatic carbocycles. The van der Waals surface area contributed by atoms with Gasteiger partial charge < -0.3 is 19.3 Å². The molecule has 142 valence electrons. The molecule has 0 aromatic carbocycles. The number of hydrogen-bond donors (Lipinski definition) is 0. The molecule has 3 saturated heterocycles. The smallest absolute Gasteiger partial charge is 0.225 e. The first-order chi connectivity index (χ1) is 12.8. The summed E-state index contributed by atoms with van der Waals surface area (Å²) >= 11 is 0. The van der Waals surface area contributed by atoms with Gasteiger partial charge >= 0.3 is 0 Å². The number of carbonyl (C=O) groups excluding carboxylic acids is 1. The van der Waals surface area contributed by atoms with Crippen LogP contribution >= 0.6 is 0 Å². The average molecular weight is 360 g/mol. The molecule has 3 fully saturated rings. The lowest BCUT2D eigenvalue weighted by atomic mass is 10.0. The molecule has 1 amide bonds. The van der Waals surface area contributed by atoms with Crippen molar-refractivity contribution in [1.82, 2.24) is 14.9 Å². The number of amides is 1. The first kappa shape index (κ1) is 17.7. The van der Waals surface area contributed by atoms with E-state index in [1.807, 2.05) is 11.0 Å². The maximum atomic E-state index is 12.6. The van der Waals surface area contributed by atoms with Gasteiger partial charge in [0, 0.05) is 45.5 Å². The molecule has 3 aliphatic rings. The molecular formula is C19H28N4O3. The number of ether oxygens (including phenoxy) is 2. The fraction of sp³-hybridized carbons (Fsp3) is 0.737. The van der Waals surface area contributed by atoms with Crippen LogP contribution in [0, 0.1) is 5.92 Å². The lowest BCUT2D eigenvalue weighted by Crippen LogP contribution is -2.42. The van der Waals surface area contributed by atoms with Crippen LogP contribution in [0.25, 0.3) is 0 Å². The number of hydrogen-bond acceptors (Lipinski definition) is 6. The summed E-state index contributed by atoms with van der Waals surface area (Å²) in [6, 6.07) is 1.91. The number of aromatic nitrogens is 2. The van der Waals surface area contributed by atoms with Crippen molar-refractivity contribution in [2.75, 3.05) is 50.9 Å². The predicted molar refractivity (Wildman–Crippen MR) is 96.9 cm³/mol. The van der Waals surface area contributed by atoms with Gasteiger partial charge in [-0.15, -0.1) is 0 Å². The molecule has 0 saturated carbocycles. The summed E-state index contributed by atoms with van der Waals surface area (Å²) in [7, 11) is 0. The molecular weight excluding hydrogens is 332 g/mol. The molecule has 1 aromatic heterocycles. The lowest BCUT2D eigenvalue weighted by Gasteiger charge is -2.33. The van der Waals surface area contributed by atoms with E-state index in [4.69, 9.17) is 14.5 Å². The normalized spacial score (nSPS) is 26.5. The van der Waals surface area contributed by atoms with E-state index < -0.39 is 0 Å². The van der Waals surface area contributed by atoms with E-state index in [-0.39, 0.29) is 12.0 Å². The molecule has 2 atom stereocenters. The van der Waals surface area contributed by atoms with Gasteiger partial charge in [-0.1, -0.05) is 0 Å². The lowest BCUT2D eigenvalue weighted by molar-refractivity contribution is -0.139. The molecule has 0 bridgehead atoms. The van der Waals surface area contributed by atoms with Crippen LogP contribution in [-0.4, -0.2) is 66.8 Å². The van der Waals surface area contributed by atoms with Crippen LogP contribution in [0.4, 0.5) is 5.95 Å². The molecule has 1 aromatic rings. The molecule has 7 nitrogen and oxygen atoms in total. The predicted octanol–water partition coefficient (Wildman–Crippen LogP) is 1.79. The van der Waals surface area contributed by atoms with Crippen LogP contribution < -0.4 is 4.90 Å². The Morgan fingerprint density at radius 2 is 2.12 bits per heavy atom. The molecule has 7 heteroatoms. The zero-order valence-corrected chi connectivity index (χ0v) is 15.3. The van der Waals surface area contributed by atoms with E-state index in [2.05, 4.69) is 9.88 Å². The van der Waals surface area contributed by atoms with Crippen molar-refractivity contribution in [2.45, 2.75) is 38.2 Å². The van der Waals surface area contributed by atoms with Gasteiger partial charge in [-0.05, 0) is 37.7 Å². The SMILES string of the molecule is O=C(CCC1CCOC1)N1CCOC(c2ccnc(N3CCCC3)n2)C1. The number of carbonyl (C=O) groups is 1. The van der Waals surface area contributed by atoms with Gasteiger partial charge in [0.05, 0.1) is 18.8 Å². The quantitative estimate of drug-likeness (QED) is 0.798. The molecule has 26 heavy (non-hydrogen) atoms. The third-order valence-electron chi connectivity index (χ3n) is 5.59. The van der Waals surface area contributed by atoms with Gasteiger partial charge in [0.25, 0.3) is 0 Å². The standard InChI is InChI=1S/C19H28N4O3/c24-18(4-3-15-6-11-25-14-15)23-10-12-26-17(13-23)16-5-7-20-19(21-16)22-8-1-2-9-22/h5,7,15,17H,1-4,6,8-14H2. The second kappa shape index (κ2) is 8.31. The van der Waals surface area contributed by atoms with E-state index in [1.54, 1.807) is 6.20 Å². The minimum Gasteiger partial charge on any atom is -0.381 e. The average Bonchev–Trinajstić information content (AvgIpc) is 3.40. The number of nitrogens with zero attached hydrogens (tertiary/aromatic N) is 4. The molecule has 4 rings (SSSR count). The van der Waals surface area contributed by atoms with Gasteiger partial charge in [0.1, 0.15) is 6.10 Å². The number of morpholine rings is 1. The van der Waals surface area contributed by atoms with Crippen molar-refractivity contribution >= 4 is 11.9 Å². The van der Waals surface area contributed by atoms with Crippen molar-refractivity contribution in [3.8, 4) is 0 Å². The van der Waals surface area contributed by atoms with Gasteiger partial charge in [-0.25, -0.2) is 9.97 Å². The fourth-order valence-corrected chi connectivity index (χ4v) is 3.96. The molecule has 4 heterocycles. The van der Waals surface area contributed by atoms with Crippen molar-refractivity contribution in [2.24, 2.45) is 5.92 Å². The van der Waals surface area contributed by atoms with Crippen LogP contribution in [0.3, 0.4) is 0 Å². The number of rotatable bonds is 5. The highest BCUT2D eigenvalue weighted by Gasteiger charge is 2.28. The maximum absolute atomic E-state index is 12.6. The van der Waals surface area contributed by atoms with Crippen LogP contribution in [0.5, 0.6) is 0 Å². The summed E-state index contributed by atoms with van der Waals surface area (Å²) in [6.45, 7) is 5.49. The summed E-state index contributed by atoms with van der Waals surface area (Å²) in [6.07, 6.45) is 6.65. The fourth-order valence-electron chi connectivity index (χ4n) is 3.96. The van der Waals surface area contributed by atoms with Crippen LogP contribution in [0.15, 0.2) is 12.3 Å². The van der Waals surface area contributed by atoms with Crippen molar-refractivity contribution in [3.63, 3.8) is 0 Å². The largest absolute Gasteiger partial charge is 0.381 e. The molecule has 0 N–H and O–H groups in total. The Bertz CT molecular complexity index is 615. The Kier molecular flexibility index (Phi) is 5.65. The van der Waals surface area contributed by atoms with E-state index in [0.717, 1.165) is 50.8 Å². The highest BCUT2D eigenvalue weighted by atomic mass is 16.5. The Morgan fingerprint density at radius 3 is 2.92 bits per heavy atom. The Balaban J connectivity index is 1.35. The molecule has 2 unspecified atom stereocenters. The Labute approximate surface area is 154 Å². The topological polar surface area (TPSA) is 67.8 Å². The van der Waals surface area contributed by atoms with E-state index >= 15 is 0 Å². The van der Waals surface area contributed by atoms with Gasteiger partial charge in [0.15, 0.2) is 0 Å². The van der Waals surface area contributed by atoms with E-state index in [1.165, 1.54) is 12.8 Å². The second-order valence-electron chi connectivity index (χ2n) is 7.44. The van der Waals surface area contributed by atoms with Crippen LogP contribution in [0.1, 0.15) is 43.9 Å². The minimum atomic E-state index is -0.160. The highest BCUT2D eigenvalue weighted by molar-refractivity contribution is 5.76. The van der Waals surface area contributed by atoms with Crippen LogP contribution in [-0.2, 0) is 14.3 Å². The first-order valence-corrected chi connectivity index (χ1v) is 9.84. The van der Waals surface area contributed by atoms with Gasteiger partial charge in [-0.3, -0.25) is 4.79 Å². The summed E-state index contributed by atoms with van der Waals surface area (Å²) in [4.78, 5) is 25.9. The zero-order chi connectivity index (χ0) is 17.8. The summed E-state index contributed by atoms with van der Waals surface area (Å²) in [5.41, 5.74) is 0.878. The second-order valence-corrected chi connectivity index (χ2v) is 7.44. The monoisotopic (exact) mass is 360 g/mol. The van der Waals surface area contributed by atoms with Gasteiger partial charge in [0.2, 0.25) is 11.9 Å². The van der Waals surface area contributed by atoms with Crippen LogP contribution in [0.2, 0.25) is 0 Å². The molecule has 3 aliphatic heterocycles. The molecule has 0 spiro atoms. The van der Waals surface area contributed by atoms with Crippen molar-refractivity contribution < 1.29 is 14.3 Å². The summed E-state index contributed by atoms with van der Waals surface area (Å²) in [5, 5.41) is 0. The Morgan fingerprint density at radius 1 is 1.23 bits per heavy atom. The van der Waals surface area contributed by atoms with Gasteiger partial charge in [-0.2, -0.15) is 0 Å². The van der Waals surface area contributed by atoms with E-state index in [9.17, 15) is 4.79 Å². The maximum Gasteiger partial charge on any atom is 0.225 e. The van der Waals surface area contributed by atoms with E-state index in [0.29, 0.717) is 32.0 Å². The third kappa shape index (κ3) is 4.15. The van der Waals surface area contributed by atoms with Crippen molar-refractivity contribution in [3.05, 3.63) is 18.0 Å². The zero-order valence-electron chi connectivity index (χ0n) is 15.3. The minimum absolute atomic E-state index is 0.160. The Hall–Kier alpha value is -1.73. The summed E-state index contributed by atoms with van der Waals surface area (Å²) in [5.74, 6) is 1.55. The summed E-state index contributed by atoms with van der Waals surface area (Å²) < 4.78 is 11.3.